The Labute approximate surface area is 204 Å². The molecule has 182 valence electrons. The van der Waals surface area contributed by atoms with Gasteiger partial charge in [0.2, 0.25) is 0 Å². The van der Waals surface area contributed by atoms with Crippen molar-refractivity contribution in [3.05, 3.63) is 57.1 Å². The van der Waals surface area contributed by atoms with E-state index in [1.807, 2.05) is 4.90 Å². The Hall–Kier alpha value is -2.85. The monoisotopic (exact) mass is 506 g/mol. The van der Waals surface area contributed by atoms with Crippen molar-refractivity contribution in [3.8, 4) is 0 Å². The molecule has 2 aliphatic rings. The molecule has 0 bridgehead atoms. The van der Waals surface area contributed by atoms with Crippen molar-refractivity contribution in [2.75, 3.05) is 55.3 Å². The Kier molecular flexibility index (Phi) is 6.99. The summed E-state index contributed by atoms with van der Waals surface area (Å²) < 4.78 is 24.3. The van der Waals surface area contributed by atoms with E-state index in [0.29, 0.717) is 37.4 Å². The summed E-state index contributed by atoms with van der Waals surface area (Å²) >= 11 is 5.93. The predicted molar refractivity (Wildman–Crippen MR) is 132 cm³/mol. The number of halogens is 1. The summed E-state index contributed by atoms with van der Waals surface area (Å²) in [4.78, 5) is 30.2. The van der Waals surface area contributed by atoms with Crippen LogP contribution in [-0.2, 0) is 9.84 Å². The summed E-state index contributed by atoms with van der Waals surface area (Å²) in [5.41, 5.74) is 1.70. The molecule has 0 N–H and O–H groups in total. The van der Waals surface area contributed by atoms with Gasteiger partial charge in [-0.1, -0.05) is 11.6 Å². The molecule has 2 aromatic rings. The molecule has 0 atom stereocenters. The van der Waals surface area contributed by atoms with Crippen LogP contribution in [0.25, 0.3) is 0 Å². The lowest BCUT2D eigenvalue weighted by molar-refractivity contribution is -0.384. The number of nitrogens with zero attached hydrogens (tertiary/aromatic N) is 4. The normalized spacial score (nSPS) is 17.1. The molecule has 0 aliphatic carbocycles. The van der Waals surface area contributed by atoms with Crippen molar-refractivity contribution in [2.24, 2.45) is 0 Å². The molecule has 34 heavy (non-hydrogen) atoms. The van der Waals surface area contributed by atoms with Gasteiger partial charge in [-0.3, -0.25) is 14.9 Å². The third kappa shape index (κ3) is 5.12. The first kappa shape index (κ1) is 24.3. The van der Waals surface area contributed by atoms with Crippen LogP contribution in [0.3, 0.4) is 0 Å². The second kappa shape index (κ2) is 9.79. The quantitative estimate of drug-likeness (QED) is 0.450. The third-order valence-electron chi connectivity index (χ3n) is 6.38. The van der Waals surface area contributed by atoms with E-state index >= 15 is 0 Å². The SMILES string of the molecule is CS(=O)(=O)c1ccc(N2CCCCC2)c(C(=O)N2CCN(c3ccc(Cl)c([N+](=O)[O-])c3)CC2)c1. The van der Waals surface area contributed by atoms with E-state index in [4.69, 9.17) is 11.6 Å². The first-order chi connectivity index (χ1) is 16.1. The van der Waals surface area contributed by atoms with E-state index in [1.54, 1.807) is 23.1 Å². The van der Waals surface area contributed by atoms with E-state index in [-0.39, 0.29) is 21.5 Å². The first-order valence-electron chi connectivity index (χ1n) is 11.2. The number of piperazine rings is 1. The third-order valence-corrected chi connectivity index (χ3v) is 7.81. The Morgan fingerprint density at radius 3 is 2.24 bits per heavy atom. The largest absolute Gasteiger partial charge is 0.371 e. The highest BCUT2D eigenvalue weighted by Gasteiger charge is 2.28. The van der Waals surface area contributed by atoms with Crippen LogP contribution in [0.15, 0.2) is 41.3 Å². The van der Waals surface area contributed by atoms with Gasteiger partial charge in [-0.2, -0.15) is 0 Å². The zero-order valence-corrected chi connectivity index (χ0v) is 20.5. The molecule has 2 saturated heterocycles. The lowest BCUT2D eigenvalue weighted by Crippen LogP contribution is -2.49. The number of rotatable bonds is 5. The van der Waals surface area contributed by atoms with Crippen molar-refractivity contribution in [3.63, 3.8) is 0 Å². The molecule has 0 saturated carbocycles. The molecular formula is C23H27ClN4O5S. The zero-order valence-electron chi connectivity index (χ0n) is 18.9. The summed E-state index contributed by atoms with van der Waals surface area (Å²) in [7, 11) is -3.46. The van der Waals surface area contributed by atoms with Crippen LogP contribution < -0.4 is 9.80 Å². The second-order valence-electron chi connectivity index (χ2n) is 8.67. The van der Waals surface area contributed by atoms with Gasteiger partial charge in [-0.15, -0.1) is 0 Å². The summed E-state index contributed by atoms with van der Waals surface area (Å²) in [5, 5.41) is 11.3. The average molecular weight is 507 g/mol. The topological polar surface area (TPSA) is 104 Å². The standard InChI is InChI=1S/C23H27ClN4O5S/c1-34(32,33)18-6-8-21(26-9-3-2-4-10-26)19(16-18)23(29)27-13-11-25(12-14-27)17-5-7-20(24)22(15-17)28(30)31/h5-8,15-16H,2-4,9-14H2,1H3. The van der Waals surface area contributed by atoms with E-state index in [2.05, 4.69) is 4.90 Å². The van der Waals surface area contributed by atoms with E-state index in [1.165, 1.54) is 18.2 Å². The van der Waals surface area contributed by atoms with Crippen molar-refractivity contribution in [1.29, 1.82) is 0 Å². The fraction of sp³-hybridized carbons (Fsp3) is 0.435. The zero-order chi connectivity index (χ0) is 24.5. The Morgan fingerprint density at radius 2 is 1.62 bits per heavy atom. The molecule has 0 aromatic heterocycles. The van der Waals surface area contributed by atoms with Crippen LogP contribution in [-0.4, -0.2) is 69.7 Å². The van der Waals surface area contributed by atoms with Crippen LogP contribution in [0, 0.1) is 10.1 Å². The first-order valence-corrected chi connectivity index (χ1v) is 13.5. The number of carbonyl (C=O) groups is 1. The van der Waals surface area contributed by atoms with Crippen molar-refractivity contribution in [1.82, 2.24) is 4.90 Å². The predicted octanol–water partition coefficient (Wildman–Crippen LogP) is 3.60. The number of nitro groups is 1. The number of amides is 1. The van der Waals surface area contributed by atoms with Crippen LogP contribution in [0.5, 0.6) is 0 Å². The molecule has 4 rings (SSSR count). The summed E-state index contributed by atoms with van der Waals surface area (Å²) in [5.74, 6) is -0.201. The van der Waals surface area contributed by atoms with Gasteiger partial charge in [0.1, 0.15) is 5.02 Å². The van der Waals surface area contributed by atoms with Crippen LogP contribution in [0.1, 0.15) is 29.6 Å². The number of carbonyl (C=O) groups excluding carboxylic acids is 1. The van der Waals surface area contributed by atoms with Crippen LogP contribution in [0.4, 0.5) is 17.1 Å². The Bertz CT molecular complexity index is 1210. The molecule has 1 amide bonds. The number of hydrogen-bond donors (Lipinski definition) is 0. The van der Waals surface area contributed by atoms with E-state index in [9.17, 15) is 23.3 Å². The maximum absolute atomic E-state index is 13.6. The summed E-state index contributed by atoms with van der Waals surface area (Å²) in [6.07, 6.45) is 4.36. The van der Waals surface area contributed by atoms with Gasteiger partial charge < -0.3 is 14.7 Å². The molecular weight excluding hydrogens is 480 g/mol. The highest BCUT2D eigenvalue weighted by molar-refractivity contribution is 7.90. The number of hydrogen-bond acceptors (Lipinski definition) is 7. The lowest BCUT2D eigenvalue weighted by Gasteiger charge is -2.37. The van der Waals surface area contributed by atoms with E-state index in [0.717, 1.165) is 44.3 Å². The molecule has 0 unspecified atom stereocenters. The molecule has 11 heteroatoms. The highest BCUT2D eigenvalue weighted by atomic mass is 35.5. The number of piperidine rings is 1. The fourth-order valence-corrected chi connectivity index (χ4v) is 5.34. The van der Waals surface area contributed by atoms with Crippen molar-refractivity contribution >= 4 is 44.4 Å². The van der Waals surface area contributed by atoms with Gasteiger partial charge in [0.25, 0.3) is 11.6 Å². The minimum Gasteiger partial charge on any atom is -0.371 e. The van der Waals surface area contributed by atoms with Gasteiger partial charge in [-0.05, 0) is 49.6 Å². The summed E-state index contributed by atoms with van der Waals surface area (Å²) in [6, 6.07) is 9.50. The van der Waals surface area contributed by atoms with Crippen molar-refractivity contribution < 1.29 is 18.1 Å². The molecule has 9 nitrogen and oxygen atoms in total. The molecule has 2 fully saturated rings. The maximum atomic E-state index is 13.6. The number of anilines is 2. The van der Waals surface area contributed by atoms with Crippen molar-refractivity contribution in [2.45, 2.75) is 24.2 Å². The molecule has 2 aromatic carbocycles. The van der Waals surface area contributed by atoms with Gasteiger partial charge >= 0.3 is 0 Å². The molecule has 2 heterocycles. The van der Waals surface area contributed by atoms with Gasteiger partial charge in [0.05, 0.1) is 15.4 Å². The smallest absolute Gasteiger partial charge is 0.289 e. The average Bonchev–Trinajstić information content (AvgIpc) is 2.83. The Balaban J connectivity index is 1.55. The lowest BCUT2D eigenvalue weighted by atomic mass is 10.1. The van der Waals surface area contributed by atoms with Crippen LogP contribution >= 0.6 is 11.6 Å². The molecule has 0 spiro atoms. The number of sulfone groups is 1. The van der Waals surface area contributed by atoms with Gasteiger partial charge in [0.15, 0.2) is 9.84 Å². The minimum atomic E-state index is -3.46. The number of benzene rings is 2. The van der Waals surface area contributed by atoms with Gasteiger partial charge in [0, 0.05) is 63.0 Å². The second-order valence-corrected chi connectivity index (χ2v) is 11.1. The number of nitro benzene ring substituents is 1. The molecule has 2 aliphatic heterocycles. The maximum Gasteiger partial charge on any atom is 0.289 e. The van der Waals surface area contributed by atoms with Crippen LogP contribution in [0.2, 0.25) is 5.02 Å². The molecule has 0 radical (unpaired) electrons. The van der Waals surface area contributed by atoms with E-state index < -0.39 is 14.8 Å². The summed E-state index contributed by atoms with van der Waals surface area (Å²) in [6.45, 7) is 3.49. The Morgan fingerprint density at radius 1 is 0.941 bits per heavy atom. The highest BCUT2D eigenvalue weighted by Crippen LogP contribution is 2.31. The minimum absolute atomic E-state index is 0.0820. The fourth-order valence-electron chi connectivity index (χ4n) is 4.50. The van der Waals surface area contributed by atoms with Gasteiger partial charge in [-0.25, -0.2) is 8.42 Å².